The predicted molar refractivity (Wildman–Crippen MR) is 98.5 cm³/mol. The lowest BCUT2D eigenvalue weighted by Crippen LogP contribution is -2.35. The van der Waals surface area contributed by atoms with Gasteiger partial charge in [0.2, 0.25) is 0 Å². The van der Waals surface area contributed by atoms with Crippen molar-refractivity contribution in [1.29, 1.82) is 0 Å². The number of nitrogens with one attached hydrogen (secondary N) is 1. The molecule has 2 aromatic carbocycles. The fraction of sp³-hybridized carbons (Fsp3) is 0.300. The third kappa shape index (κ3) is 5.72. The minimum absolute atomic E-state index is 0.0269. The van der Waals surface area contributed by atoms with Gasteiger partial charge in [-0.3, -0.25) is 9.69 Å². The molecular weight excluding hydrogens is 314 g/mol. The van der Waals surface area contributed by atoms with Crippen LogP contribution in [0.3, 0.4) is 0 Å². The molecule has 1 aliphatic rings. The van der Waals surface area contributed by atoms with Crippen LogP contribution >= 0.6 is 0 Å². The zero-order chi connectivity index (χ0) is 17.3. The van der Waals surface area contributed by atoms with Gasteiger partial charge in [0, 0.05) is 38.2 Å². The van der Waals surface area contributed by atoms with Crippen molar-refractivity contribution in [2.45, 2.75) is 19.4 Å². The van der Waals surface area contributed by atoms with Gasteiger partial charge in [0.25, 0.3) is 5.91 Å². The highest BCUT2D eigenvalue weighted by atomic mass is 16.5. The van der Waals surface area contributed by atoms with Crippen molar-refractivity contribution in [2.75, 3.05) is 19.7 Å². The number of likely N-dealkylation sites (tertiary alicyclic amines) is 1. The standard InChI is InChI=1S/C20H23N3O2/c24-20(16-25-19-9-5-2-6-10-19)22-21-18-11-13-23(14-12-18)15-17-7-3-1-4-8-17/h1-10H,11-16H2,(H,22,24). The van der Waals surface area contributed by atoms with Gasteiger partial charge in [0.15, 0.2) is 6.61 Å². The van der Waals surface area contributed by atoms with E-state index in [4.69, 9.17) is 4.74 Å². The SMILES string of the molecule is O=C(COc1ccccc1)NN=C1CCN(Cc2ccccc2)CC1. The second kappa shape index (κ2) is 8.99. The van der Waals surface area contributed by atoms with Crippen LogP contribution in [0.1, 0.15) is 18.4 Å². The highest BCUT2D eigenvalue weighted by molar-refractivity contribution is 5.87. The van der Waals surface area contributed by atoms with Crippen LogP contribution in [0.15, 0.2) is 65.8 Å². The van der Waals surface area contributed by atoms with E-state index in [0.29, 0.717) is 5.75 Å². The number of hydrogen-bond donors (Lipinski definition) is 1. The Morgan fingerprint density at radius 2 is 1.64 bits per heavy atom. The van der Waals surface area contributed by atoms with Crippen molar-refractivity contribution in [3.05, 3.63) is 66.2 Å². The van der Waals surface area contributed by atoms with E-state index < -0.39 is 0 Å². The first kappa shape index (κ1) is 17.2. The molecular formula is C20H23N3O2. The van der Waals surface area contributed by atoms with E-state index in [-0.39, 0.29) is 12.5 Å². The number of carbonyl (C=O) groups excluding carboxylic acids is 1. The van der Waals surface area contributed by atoms with Crippen molar-refractivity contribution in [2.24, 2.45) is 5.10 Å². The first-order valence-electron chi connectivity index (χ1n) is 8.58. The van der Waals surface area contributed by atoms with Crippen LogP contribution in [-0.4, -0.2) is 36.2 Å². The highest BCUT2D eigenvalue weighted by Gasteiger charge is 2.15. The number of rotatable bonds is 6. The Labute approximate surface area is 148 Å². The summed E-state index contributed by atoms with van der Waals surface area (Å²) < 4.78 is 5.40. The summed E-state index contributed by atoms with van der Waals surface area (Å²) in [5.41, 5.74) is 4.96. The molecule has 1 aliphatic heterocycles. The van der Waals surface area contributed by atoms with Crippen LogP contribution < -0.4 is 10.2 Å². The van der Waals surface area contributed by atoms with Crippen molar-refractivity contribution >= 4 is 11.6 Å². The molecule has 1 heterocycles. The summed E-state index contributed by atoms with van der Waals surface area (Å²) in [7, 11) is 0. The number of nitrogens with zero attached hydrogens (tertiary/aromatic N) is 2. The molecule has 0 saturated carbocycles. The number of piperidine rings is 1. The summed E-state index contributed by atoms with van der Waals surface area (Å²) in [6, 6.07) is 19.8. The van der Waals surface area contributed by atoms with Crippen LogP contribution in [0, 0.1) is 0 Å². The van der Waals surface area contributed by atoms with Crippen LogP contribution in [0.25, 0.3) is 0 Å². The summed E-state index contributed by atoms with van der Waals surface area (Å²) in [4.78, 5) is 14.2. The number of ether oxygens (including phenoxy) is 1. The third-order valence-corrected chi connectivity index (χ3v) is 4.13. The Hall–Kier alpha value is -2.66. The highest BCUT2D eigenvalue weighted by Crippen LogP contribution is 2.12. The molecule has 0 spiro atoms. The maximum atomic E-state index is 11.8. The Balaban J connectivity index is 1.38. The minimum Gasteiger partial charge on any atom is -0.484 e. The summed E-state index contributed by atoms with van der Waals surface area (Å²) in [6.45, 7) is 2.86. The van der Waals surface area contributed by atoms with Gasteiger partial charge in [0.05, 0.1) is 0 Å². The number of hydrogen-bond acceptors (Lipinski definition) is 4. The number of amides is 1. The third-order valence-electron chi connectivity index (χ3n) is 4.13. The van der Waals surface area contributed by atoms with Crippen LogP contribution in [-0.2, 0) is 11.3 Å². The molecule has 0 aromatic heterocycles. The second-order valence-electron chi connectivity index (χ2n) is 6.08. The molecule has 0 unspecified atom stereocenters. The van der Waals surface area contributed by atoms with E-state index in [0.717, 1.165) is 38.2 Å². The van der Waals surface area contributed by atoms with E-state index in [9.17, 15) is 4.79 Å². The van der Waals surface area contributed by atoms with Gasteiger partial charge in [-0.1, -0.05) is 48.5 Å². The number of hydrazone groups is 1. The van der Waals surface area contributed by atoms with Gasteiger partial charge in [-0.25, -0.2) is 5.43 Å². The van der Waals surface area contributed by atoms with Crippen molar-refractivity contribution in [3.63, 3.8) is 0 Å². The van der Waals surface area contributed by atoms with Gasteiger partial charge < -0.3 is 4.74 Å². The first-order valence-corrected chi connectivity index (χ1v) is 8.58. The van der Waals surface area contributed by atoms with E-state index in [1.807, 2.05) is 36.4 Å². The zero-order valence-corrected chi connectivity index (χ0v) is 14.2. The predicted octanol–water partition coefficient (Wildman–Crippen LogP) is 2.83. The summed E-state index contributed by atoms with van der Waals surface area (Å²) in [6.07, 6.45) is 1.76. The molecule has 1 fully saturated rings. The molecule has 3 rings (SSSR count). The van der Waals surface area contributed by atoms with Gasteiger partial charge in [-0.05, 0) is 17.7 Å². The molecule has 0 radical (unpaired) electrons. The lowest BCUT2D eigenvalue weighted by Gasteiger charge is -2.27. The minimum atomic E-state index is -0.233. The van der Waals surface area contributed by atoms with E-state index in [1.165, 1.54) is 5.56 Å². The average molecular weight is 337 g/mol. The molecule has 0 atom stereocenters. The molecule has 5 heteroatoms. The zero-order valence-electron chi connectivity index (χ0n) is 14.2. The number of benzene rings is 2. The Kier molecular flexibility index (Phi) is 6.17. The maximum Gasteiger partial charge on any atom is 0.277 e. The lowest BCUT2D eigenvalue weighted by molar-refractivity contribution is -0.123. The fourth-order valence-corrected chi connectivity index (χ4v) is 2.76. The van der Waals surface area contributed by atoms with Crippen LogP contribution in [0.4, 0.5) is 0 Å². The molecule has 130 valence electrons. The maximum absolute atomic E-state index is 11.8. The van der Waals surface area contributed by atoms with Crippen LogP contribution in [0.2, 0.25) is 0 Å². The smallest absolute Gasteiger partial charge is 0.277 e. The molecule has 1 amide bonds. The molecule has 1 N–H and O–H groups in total. The van der Waals surface area contributed by atoms with E-state index in [1.54, 1.807) is 0 Å². The second-order valence-corrected chi connectivity index (χ2v) is 6.08. The van der Waals surface area contributed by atoms with Gasteiger partial charge in [-0.2, -0.15) is 5.10 Å². The topological polar surface area (TPSA) is 53.9 Å². The Morgan fingerprint density at radius 1 is 1.00 bits per heavy atom. The number of para-hydroxylation sites is 1. The summed E-state index contributed by atoms with van der Waals surface area (Å²) >= 11 is 0. The molecule has 1 saturated heterocycles. The first-order chi connectivity index (χ1) is 12.3. The quantitative estimate of drug-likeness (QED) is 0.825. The summed E-state index contributed by atoms with van der Waals surface area (Å²) in [5, 5.41) is 4.25. The van der Waals surface area contributed by atoms with Gasteiger partial charge in [-0.15, -0.1) is 0 Å². The van der Waals surface area contributed by atoms with Crippen molar-refractivity contribution < 1.29 is 9.53 Å². The normalized spacial score (nSPS) is 14.8. The molecule has 0 aliphatic carbocycles. The van der Waals surface area contributed by atoms with Crippen molar-refractivity contribution in [1.82, 2.24) is 10.3 Å². The van der Waals surface area contributed by atoms with Crippen LogP contribution in [0.5, 0.6) is 5.75 Å². The van der Waals surface area contributed by atoms with Gasteiger partial charge >= 0.3 is 0 Å². The molecule has 5 nitrogen and oxygen atoms in total. The molecule has 25 heavy (non-hydrogen) atoms. The fourth-order valence-electron chi connectivity index (χ4n) is 2.76. The Bertz CT molecular complexity index is 691. The lowest BCUT2D eigenvalue weighted by atomic mass is 10.1. The van der Waals surface area contributed by atoms with E-state index >= 15 is 0 Å². The summed E-state index contributed by atoms with van der Waals surface area (Å²) in [5.74, 6) is 0.447. The largest absolute Gasteiger partial charge is 0.484 e. The Morgan fingerprint density at radius 3 is 2.32 bits per heavy atom. The average Bonchev–Trinajstić information content (AvgIpc) is 2.67. The molecule has 2 aromatic rings. The monoisotopic (exact) mass is 337 g/mol. The van der Waals surface area contributed by atoms with Crippen molar-refractivity contribution in [3.8, 4) is 5.75 Å². The van der Waals surface area contributed by atoms with E-state index in [2.05, 4.69) is 39.7 Å². The van der Waals surface area contributed by atoms with Gasteiger partial charge in [0.1, 0.15) is 5.75 Å². The molecule has 0 bridgehead atoms. The number of carbonyl (C=O) groups is 1.